The maximum atomic E-state index is 12.1. The number of ether oxygens (including phenoxy) is 2. The Morgan fingerprint density at radius 1 is 1.06 bits per heavy atom. The van der Waals surface area contributed by atoms with Crippen molar-refractivity contribution in [2.75, 3.05) is 31.2 Å². The van der Waals surface area contributed by atoms with E-state index in [2.05, 4.69) is 24.0 Å². The molecule has 2 aromatic carbocycles. The molecule has 1 atom stereocenters. The number of aryl methyl sites for hydroxylation is 1. The Morgan fingerprint density at radius 2 is 1.83 bits per heavy atom. The number of esters is 1. The van der Waals surface area contributed by atoms with Gasteiger partial charge in [-0.3, -0.25) is 4.79 Å². The third kappa shape index (κ3) is 6.56. The van der Waals surface area contributed by atoms with Crippen LogP contribution in [0.15, 0.2) is 42.5 Å². The van der Waals surface area contributed by atoms with Gasteiger partial charge in [0.1, 0.15) is 5.75 Å². The Morgan fingerprint density at radius 3 is 2.49 bits per heavy atom. The number of benzene rings is 2. The third-order valence-corrected chi connectivity index (χ3v) is 7.31. The summed E-state index contributed by atoms with van der Waals surface area (Å²) in [5.74, 6) is 1.03. The van der Waals surface area contributed by atoms with Crippen LogP contribution >= 0.6 is 0 Å². The van der Waals surface area contributed by atoms with Crippen LogP contribution in [-0.4, -0.2) is 43.3 Å². The fraction of sp³-hybridized carbons (Fsp3) is 0.517. The number of anilines is 1. The van der Waals surface area contributed by atoms with Crippen LogP contribution in [0.5, 0.6) is 5.75 Å². The van der Waals surface area contributed by atoms with Crippen molar-refractivity contribution in [3.63, 3.8) is 0 Å². The van der Waals surface area contributed by atoms with Gasteiger partial charge in [-0.15, -0.1) is 0 Å². The summed E-state index contributed by atoms with van der Waals surface area (Å²) in [5, 5.41) is 9.62. The summed E-state index contributed by atoms with van der Waals surface area (Å²) >= 11 is 0. The quantitative estimate of drug-likeness (QED) is 0.417. The number of nitrogens with zero attached hydrogens (tertiary/aromatic N) is 1. The Hall–Kier alpha value is -3.02. The lowest BCUT2D eigenvalue weighted by Gasteiger charge is -2.34. The van der Waals surface area contributed by atoms with E-state index < -0.39 is 5.97 Å². The molecule has 0 radical (unpaired) electrons. The van der Waals surface area contributed by atoms with Gasteiger partial charge in [0.05, 0.1) is 30.9 Å². The molecule has 6 heteroatoms. The molecule has 35 heavy (non-hydrogen) atoms. The molecule has 1 saturated carbocycles. The Kier molecular flexibility index (Phi) is 8.32. The Balaban J connectivity index is 1.33. The van der Waals surface area contributed by atoms with E-state index in [0.717, 1.165) is 54.9 Å². The number of carboxylic acid groups (broad SMARTS) is 1. The normalized spacial score (nSPS) is 17.1. The minimum atomic E-state index is -0.875. The van der Waals surface area contributed by atoms with Crippen molar-refractivity contribution in [1.29, 1.82) is 0 Å². The number of carbonyl (C=O) groups excluding carboxylic acids is 1. The lowest BCUT2D eigenvalue weighted by Crippen LogP contribution is -2.36. The molecule has 0 aromatic heterocycles. The van der Waals surface area contributed by atoms with Crippen molar-refractivity contribution < 1.29 is 24.2 Å². The lowest BCUT2D eigenvalue weighted by molar-refractivity contribution is -0.143. The van der Waals surface area contributed by atoms with Gasteiger partial charge in [-0.05, 0) is 92.2 Å². The summed E-state index contributed by atoms with van der Waals surface area (Å²) in [7, 11) is 0. The SMILES string of the molecule is CCOC(=O)CC(c1cccc(OCC2CCN(c3cc(CC)ccc3C(=O)O)CC2)c1)C1CC1. The first-order chi connectivity index (χ1) is 17.0. The first-order valence-electron chi connectivity index (χ1n) is 13.0. The molecule has 1 aliphatic carbocycles. The molecule has 1 saturated heterocycles. The molecule has 2 aromatic rings. The van der Waals surface area contributed by atoms with Crippen LogP contribution < -0.4 is 9.64 Å². The lowest BCUT2D eigenvalue weighted by atomic mass is 9.91. The molecule has 4 rings (SSSR count). The third-order valence-electron chi connectivity index (χ3n) is 7.31. The van der Waals surface area contributed by atoms with Gasteiger partial charge >= 0.3 is 11.9 Å². The Bertz CT molecular complexity index is 1020. The molecule has 2 fully saturated rings. The molecule has 188 valence electrons. The number of carbonyl (C=O) groups is 2. The molecule has 1 N–H and O–H groups in total. The monoisotopic (exact) mass is 479 g/mol. The van der Waals surface area contributed by atoms with E-state index in [1.54, 1.807) is 6.07 Å². The van der Waals surface area contributed by atoms with Gasteiger partial charge in [0.25, 0.3) is 0 Å². The van der Waals surface area contributed by atoms with Gasteiger partial charge < -0.3 is 19.5 Å². The smallest absolute Gasteiger partial charge is 0.337 e. The predicted octanol–water partition coefficient (Wildman–Crippen LogP) is 5.69. The highest BCUT2D eigenvalue weighted by atomic mass is 16.5. The molecule has 2 aliphatic rings. The van der Waals surface area contributed by atoms with Crippen molar-refractivity contribution in [3.05, 3.63) is 59.2 Å². The number of hydrogen-bond donors (Lipinski definition) is 1. The maximum absolute atomic E-state index is 12.1. The number of piperidine rings is 1. The van der Waals surface area contributed by atoms with Crippen molar-refractivity contribution >= 4 is 17.6 Å². The highest BCUT2D eigenvalue weighted by molar-refractivity contribution is 5.94. The number of rotatable bonds is 11. The van der Waals surface area contributed by atoms with Gasteiger partial charge in [0, 0.05) is 13.1 Å². The van der Waals surface area contributed by atoms with Gasteiger partial charge in [-0.25, -0.2) is 4.79 Å². The second-order valence-corrected chi connectivity index (χ2v) is 9.78. The fourth-order valence-electron chi connectivity index (χ4n) is 5.08. The van der Waals surface area contributed by atoms with Crippen LogP contribution in [0.2, 0.25) is 0 Å². The number of aromatic carboxylic acids is 1. The van der Waals surface area contributed by atoms with Crippen LogP contribution in [0, 0.1) is 11.8 Å². The fourth-order valence-corrected chi connectivity index (χ4v) is 5.08. The van der Waals surface area contributed by atoms with Crippen LogP contribution in [-0.2, 0) is 16.0 Å². The predicted molar refractivity (Wildman–Crippen MR) is 136 cm³/mol. The highest BCUT2D eigenvalue weighted by Crippen LogP contribution is 2.45. The topological polar surface area (TPSA) is 76.1 Å². The second-order valence-electron chi connectivity index (χ2n) is 9.78. The summed E-state index contributed by atoms with van der Waals surface area (Å²) < 4.78 is 11.4. The van der Waals surface area contributed by atoms with E-state index in [1.807, 2.05) is 31.2 Å². The summed E-state index contributed by atoms with van der Waals surface area (Å²) in [6.07, 6.45) is 5.57. The van der Waals surface area contributed by atoms with E-state index in [4.69, 9.17) is 9.47 Å². The van der Waals surface area contributed by atoms with E-state index in [0.29, 0.717) is 37.0 Å². The van der Waals surface area contributed by atoms with Crippen molar-refractivity contribution in [2.45, 2.75) is 58.3 Å². The number of hydrogen-bond acceptors (Lipinski definition) is 5. The van der Waals surface area contributed by atoms with Crippen LogP contribution in [0.1, 0.15) is 73.4 Å². The molecule has 1 unspecified atom stereocenters. The first kappa shape index (κ1) is 25.1. The largest absolute Gasteiger partial charge is 0.493 e. The average Bonchev–Trinajstić information content (AvgIpc) is 3.71. The average molecular weight is 480 g/mol. The second kappa shape index (κ2) is 11.6. The number of carboxylic acids is 1. The molecular formula is C29H37NO5. The van der Waals surface area contributed by atoms with Crippen LogP contribution in [0.25, 0.3) is 0 Å². The first-order valence-corrected chi connectivity index (χ1v) is 13.0. The van der Waals surface area contributed by atoms with E-state index in [1.165, 1.54) is 12.8 Å². The molecule has 1 aliphatic heterocycles. The summed E-state index contributed by atoms with van der Waals surface area (Å²) in [5.41, 5.74) is 3.52. The summed E-state index contributed by atoms with van der Waals surface area (Å²) in [6, 6.07) is 13.9. The van der Waals surface area contributed by atoms with Crippen molar-refractivity contribution in [2.24, 2.45) is 11.8 Å². The van der Waals surface area contributed by atoms with Crippen LogP contribution in [0.4, 0.5) is 5.69 Å². The van der Waals surface area contributed by atoms with E-state index >= 15 is 0 Å². The zero-order valence-corrected chi connectivity index (χ0v) is 20.9. The summed E-state index contributed by atoms with van der Waals surface area (Å²) in [6.45, 7) is 6.64. The zero-order chi connectivity index (χ0) is 24.8. The maximum Gasteiger partial charge on any atom is 0.337 e. The molecule has 1 heterocycles. The Labute approximate surface area is 208 Å². The minimum Gasteiger partial charge on any atom is -0.493 e. The molecular weight excluding hydrogens is 442 g/mol. The van der Waals surface area contributed by atoms with E-state index in [-0.39, 0.29) is 11.9 Å². The minimum absolute atomic E-state index is 0.127. The van der Waals surface area contributed by atoms with Gasteiger partial charge in [0.15, 0.2) is 0 Å². The van der Waals surface area contributed by atoms with Crippen molar-refractivity contribution in [1.82, 2.24) is 0 Å². The highest BCUT2D eigenvalue weighted by Gasteiger charge is 2.34. The van der Waals surface area contributed by atoms with Crippen molar-refractivity contribution in [3.8, 4) is 5.75 Å². The zero-order valence-electron chi connectivity index (χ0n) is 20.9. The van der Waals surface area contributed by atoms with Gasteiger partial charge in [0.2, 0.25) is 0 Å². The standard InChI is InChI=1S/C29H37NO5/c1-3-20-8-11-25(29(32)33)27(16-20)30-14-12-21(13-15-30)19-35-24-7-5-6-23(17-24)26(22-9-10-22)18-28(31)34-4-2/h5-8,11,16-17,21-22,26H,3-4,9-10,12-15,18-19H2,1-2H3,(H,32,33). The van der Waals surface area contributed by atoms with Gasteiger partial charge in [-0.2, -0.15) is 0 Å². The van der Waals surface area contributed by atoms with Gasteiger partial charge in [-0.1, -0.05) is 25.1 Å². The molecule has 0 spiro atoms. The molecule has 0 amide bonds. The van der Waals surface area contributed by atoms with Crippen LogP contribution in [0.3, 0.4) is 0 Å². The van der Waals surface area contributed by atoms with E-state index in [9.17, 15) is 14.7 Å². The summed E-state index contributed by atoms with van der Waals surface area (Å²) in [4.78, 5) is 26.0. The molecule has 6 nitrogen and oxygen atoms in total. The molecule has 0 bridgehead atoms.